The van der Waals surface area contributed by atoms with Crippen molar-refractivity contribution < 1.29 is 4.74 Å². The second-order valence-corrected chi connectivity index (χ2v) is 7.51. The summed E-state index contributed by atoms with van der Waals surface area (Å²) in [6.45, 7) is 0. The third-order valence-corrected chi connectivity index (χ3v) is 5.30. The van der Waals surface area contributed by atoms with Gasteiger partial charge in [0.1, 0.15) is 5.75 Å². The molecule has 5 heteroatoms. The number of hydrogen-bond acceptors (Lipinski definition) is 3. The van der Waals surface area contributed by atoms with Gasteiger partial charge in [-0.05, 0) is 75.2 Å². The Kier molecular flexibility index (Phi) is 5.45. The zero-order chi connectivity index (χ0) is 13.8. The average Bonchev–Trinajstić information content (AvgIpc) is 2.82. The highest BCUT2D eigenvalue weighted by Crippen LogP contribution is 2.31. The lowest BCUT2D eigenvalue weighted by atomic mass is 10.0. The van der Waals surface area contributed by atoms with Gasteiger partial charge in [-0.15, -0.1) is 11.3 Å². The minimum absolute atomic E-state index is 0.330. The van der Waals surface area contributed by atoms with Gasteiger partial charge >= 0.3 is 0 Å². The molecule has 0 aliphatic carbocycles. The molecule has 2 nitrogen and oxygen atoms in total. The molecule has 0 saturated carbocycles. The second kappa shape index (κ2) is 6.88. The van der Waals surface area contributed by atoms with Crippen LogP contribution in [0.1, 0.15) is 16.5 Å². The molecule has 0 radical (unpaired) electrons. The number of rotatable bonds is 5. The predicted octanol–water partition coefficient (Wildman–Crippen LogP) is 4.78. The Labute approximate surface area is 134 Å². The summed E-state index contributed by atoms with van der Waals surface area (Å²) < 4.78 is 7.41. The van der Waals surface area contributed by atoms with Crippen LogP contribution in [0.2, 0.25) is 0 Å². The van der Waals surface area contributed by atoms with Crippen molar-refractivity contribution in [1.82, 2.24) is 5.32 Å². The molecule has 0 saturated heterocycles. The van der Waals surface area contributed by atoms with Crippen LogP contribution in [-0.2, 0) is 6.42 Å². The Hall–Kier alpha value is -0.360. The first-order chi connectivity index (χ1) is 9.13. The van der Waals surface area contributed by atoms with E-state index in [9.17, 15) is 0 Å². The van der Waals surface area contributed by atoms with Crippen LogP contribution in [0.5, 0.6) is 5.75 Å². The van der Waals surface area contributed by atoms with Gasteiger partial charge in [0.25, 0.3) is 0 Å². The third-order valence-electron chi connectivity index (χ3n) is 2.94. The van der Waals surface area contributed by atoms with Crippen molar-refractivity contribution in [2.75, 3.05) is 14.2 Å². The average molecular weight is 405 g/mol. The van der Waals surface area contributed by atoms with Gasteiger partial charge in [0.2, 0.25) is 0 Å². The van der Waals surface area contributed by atoms with Crippen LogP contribution in [-0.4, -0.2) is 14.2 Å². The summed E-state index contributed by atoms with van der Waals surface area (Å²) in [5, 5.41) is 3.37. The standard InChI is InChI=1S/C14H15Br2NOS/c1-17-11(13-5-6-14(16)19-13)8-9-3-4-12(18-2)10(15)7-9/h3-7,11,17H,8H2,1-2H3. The Morgan fingerprint density at radius 2 is 2.05 bits per heavy atom. The SMILES string of the molecule is CNC(Cc1ccc(OC)c(Br)c1)c1ccc(Br)s1. The topological polar surface area (TPSA) is 21.3 Å². The molecule has 0 fully saturated rings. The molecule has 1 N–H and O–H groups in total. The fraction of sp³-hybridized carbons (Fsp3) is 0.286. The van der Waals surface area contributed by atoms with E-state index in [1.165, 1.54) is 14.2 Å². The van der Waals surface area contributed by atoms with E-state index < -0.39 is 0 Å². The monoisotopic (exact) mass is 403 g/mol. The molecule has 19 heavy (non-hydrogen) atoms. The zero-order valence-corrected chi connectivity index (χ0v) is 14.7. The summed E-state index contributed by atoms with van der Waals surface area (Å²) in [5.74, 6) is 0.864. The van der Waals surface area contributed by atoms with E-state index in [0.717, 1.165) is 16.6 Å². The van der Waals surface area contributed by atoms with E-state index in [4.69, 9.17) is 4.74 Å². The maximum atomic E-state index is 5.25. The molecule has 1 atom stereocenters. The van der Waals surface area contributed by atoms with Crippen molar-refractivity contribution in [2.45, 2.75) is 12.5 Å². The molecular weight excluding hydrogens is 390 g/mol. The van der Waals surface area contributed by atoms with Crippen molar-refractivity contribution in [3.05, 3.63) is 49.0 Å². The smallest absolute Gasteiger partial charge is 0.133 e. The number of benzene rings is 1. The van der Waals surface area contributed by atoms with E-state index in [1.54, 1.807) is 18.4 Å². The van der Waals surface area contributed by atoms with Crippen molar-refractivity contribution in [2.24, 2.45) is 0 Å². The van der Waals surface area contributed by atoms with Crippen molar-refractivity contribution in [3.63, 3.8) is 0 Å². The van der Waals surface area contributed by atoms with E-state index in [2.05, 4.69) is 61.4 Å². The van der Waals surface area contributed by atoms with E-state index in [1.807, 2.05) is 13.1 Å². The highest BCUT2D eigenvalue weighted by molar-refractivity contribution is 9.11. The van der Waals surface area contributed by atoms with Crippen LogP contribution in [0.4, 0.5) is 0 Å². The molecule has 0 aliphatic heterocycles. The lowest BCUT2D eigenvalue weighted by Gasteiger charge is -2.15. The van der Waals surface area contributed by atoms with Crippen LogP contribution in [0.15, 0.2) is 38.6 Å². The number of methoxy groups -OCH3 is 1. The van der Waals surface area contributed by atoms with Crippen molar-refractivity contribution in [1.29, 1.82) is 0 Å². The molecule has 1 aromatic heterocycles. The number of hydrogen-bond donors (Lipinski definition) is 1. The second-order valence-electron chi connectivity index (χ2n) is 4.16. The molecule has 0 bridgehead atoms. The van der Waals surface area contributed by atoms with Gasteiger partial charge < -0.3 is 10.1 Å². The fourth-order valence-electron chi connectivity index (χ4n) is 1.93. The Morgan fingerprint density at radius 1 is 1.26 bits per heavy atom. The number of nitrogens with one attached hydrogen (secondary N) is 1. The fourth-order valence-corrected chi connectivity index (χ4v) is 4.05. The quantitative estimate of drug-likeness (QED) is 0.773. The van der Waals surface area contributed by atoms with Crippen LogP contribution in [0.25, 0.3) is 0 Å². The molecule has 1 heterocycles. The zero-order valence-electron chi connectivity index (χ0n) is 10.7. The normalized spacial score (nSPS) is 12.4. The molecular formula is C14H15Br2NOS. The van der Waals surface area contributed by atoms with Crippen molar-refractivity contribution in [3.8, 4) is 5.75 Å². The lowest BCUT2D eigenvalue weighted by Crippen LogP contribution is -2.17. The van der Waals surface area contributed by atoms with Crippen LogP contribution < -0.4 is 10.1 Å². The number of halogens is 2. The van der Waals surface area contributed by atoms with Gasteiger partial charge in [-0.2, -0.15) is 0 Å². The highest BCUT2D eigenvalue weighted by Gasteiger charge is 2.13. The van der Waals surface area contributed by atoms with Gasteiger partial charge in [-0.25, -0.2) is 0 Å². The van der Waals surface area contributed by atoms with Crippen LogP contribution in [0.3, 0.4) is 0 Å². The van der Waals surface area contributed by atoms with E-state index >= 15 is 0 Å². The predicted molar refractivity (Wildman–Crippen MR) is 88.2 cm³/mol. The first-order valence-corrected chi connectivity index (χ1v) is 8.29. The van der Waals surface area contributed by atoms with E-state index in [0.29, 0.717) is 6.04 Å². The van der Waals surface area contributed by atoms with Gasteiger partial charge in [-0.1, -0.05) is 6.07 Å². The summed E-state index contributed by atoms with van der Waals surface area (Å²) in [7, 11) is 3.68. The first-order valence-electron chi connectivity index (χ1n) is 5.89. The molecule has 2 rings (SSSR count). The summed E-state index contributed by atoms with van der Waals surface area (Å²) in [4.78, 5) is 1.33. The molecule has 1 unspecified atom stereocenters. The highest BCUT2D eigenvalue weighted by atomic mass is 79.9. The molecule has 1 aromatic carbocycles. The Morgan fingerprint density at radius 3 is 2.58 bits per heavy atom. The summed E-state index contributed by atoms with van der Waals surface area (Å²) >= 11 is 8.81. The maximum absolute atomic E-state index is 5.25. The number of likely N-dealkylation sites (N-methyl/N-ethyl adjacent to an activating group) is 1. The first kappa shape index (κ1) is 15.0. The van der Waals surface area contributed by atoms with Gasteiger partial charge in [0, 0.05) is 10.9 Å². The molecule has 0 spiro atoms. The summed E-state index contributed by atoms with van der Waals surface area (Å²) in [6, 6.07) is 10.8. The number of thiophene rings is 1. The Bertz CT molecular complexity index is 556. The molecule has 0 aliphatic rings. The largest absolute Gasteiger partial charge is 0.496 e. The van der Waals surface area contributed by atoms with Gasteiger partial charge in [-0.3, -0.25) is 0 Å². The Balaban J connectivity index is 2.16. The minimum atomic E-state index is 0.330. The lowest BCUT2D eigenvalue weighted by molar-refractivity contribution is 0.412. The van der Waals surface area contributed by atoms with Crippen molar-refractivity contribution >= 4 is 43.2 Å². The third kappa shape index (κ3) is 3.81. The summed E-state index contributed by atoms with van der Waals surface area (Å²) in [6.07, 6.45) is 0.950. The molecule has 102 valence electrons. The van der Waals surface area contributed by atoms with Gasteiger partial charge in [0.05, 0.1) is 15.4 Å². The molecule has 0 amide bonds. The van der Waals surface area contributed by atoms with E-state index in [-0.39, 0.29) is 0 Å². The molecule has 2 aromatic rings. The van der Waals surface area contributed by atoms with Gasteiger partial charge in [0.15, 0.2) is 0 Å². The summed E-state index contributed by atoms with van der Waals surface area (Å²) in [5.41, 5.74) is 1.27. The van der Waals surface area contributed by atoms with Crippen LogP contribution >= 0.6 is 43.2 Å². The maximum Gasteiger partial charge on any atom is 0.133 e. The number of ether oxygens (including phenoxy) is 1. The van der Waals surface area contributed by atoms with Crippen LogP contribution in [0, 0.1) is 0 Å². The minimum Gasteiger partial charge on any atom is -0.496 e.